The predicted molar refractivity (Wildman–Crippen MR) is 67.8 cm³/mol. The summed E-state index contributed by atoms with van der Waals surface area (Å²) < 4.78 is 0. The minimum atomic E-state index is -0.974. The maximum absolute atomic E-state index is 11.2. The molecule has 2 heterocycles. The van der Waals surface area contributed by atoms with Crippen molar-refractivity contribution in [1.82, 2.24) is 4.98 Å². The number of carboxylic acid groups (broad SMARTS) is 1. The third kappa shape index (κ3) is 2.37. The lowest BCUT2D eigenvalue weighted by atomic mass is 10.1. The lowest BCUT2D eigenvalue weighted by Crippen LogP contribution is -2.36. The van der Waals surface area contributed by atoms with E-state index in [0.717, 1.165) is 5.56 Å². The second kappa shape index (κ2) is 4.86. The first-order valence-corrected chi connectivity index (χ1v) is 6.00. The smallest absolute Gasteiger partial charge is 0.326 e. The van der Waals surface area contributed by atoms with Crippen LogP contribution >= 0.6 is 0 Å². The van der Waals surface area contributed by atoms with Crippen LogP contribution in [0.4, 0.5) is 5.82 Å². The van der Waals surface area contributed by atoms with Crippen molar-refractivity contribution in [3.05, 3.63) is 22.9 Å². The Labute approximate surface area is 110 Å². The van der Waals surface area contributed by atoms with Gasteiger partial charge in [-0.3, -0.25) is 0 Å². The van der Waals surface area contributed by atoms with Crippen molar-refractivity contribution in [2.24, 2.45) is 0 Å². The van der Waals surface area contributed by atoms with Crippen molar-refractivity contribution in [3.8, 4) is 6.07 Å². The summed E-state index contributed by atoms with van der Waals surface area (Å²) in [7, 11) is 0. The molecule has 1 fully saturated rings. The molecular weight excluding hydrogens is 246 g/mol. The van der Waals surface area contributed by atoms with Crippen LogP contribution < -0.4 is 4.90 Å². The normalized spacial score (nSPS) is 22.3. The van der Waals surface area contributed by atoms with E-state index in [4.69, 9.17) is 10.4 Å². The van der Waals surface area contributed by atoms with Crippen LogP contribution in [-0.4, -0.2) is 39.9 Å². The van der Waals surface area contributed by atoms with Gasteiger partial charge in [0.1, 0.15) is 17.9 Å². The summed E-state index contributed by atoms with van der Waals surface area (Å²) in [5.41, 5.74) is 1.84. The van der Waals surface area contributed by atoms with E-state index in [2.05, 4.69) is 11.1 Å². The Balaban J connectivity index is 2.42. The maximum Gasteiger partial charge on any atom is 0.326 e. The molecule has 19 heavy (non-hydrogen) atoms. The SMILES string of the molecule is Cc1cc(N2C[C@H](O)C[C@H]2C(=O)O)nc(C)c1C#N. The van der Waals surface area contributed by atoms with Gasteiger partial charge in [-0.15, -0.1) is 0 Å². The highest BCUT2D eigenvalue weighted by Gasteiger charge is 2.37. The molecule has 1 aromatic heterocycles. The molecule has 0 radical (unpaired) electrons. The number of β-amino-alcohol motifs (C(OH)–C–C–N with tert-alkyl or cyclic N) is 1. The quantitative estimate of drug-likeness (QED) is 0.808. The predicted octanol–water partition coefficient (Wildman–Crippen LogP) is 0.594. The summed E-state index contributed by atoms with van der Waals surface area (Å²) in [5, 5.41) is 27.8. The average Bonchev–Trinajstić information content (AvgIpc) is 2.71. The van der Waals surface area contributed by atoms with E-state index in [-0.39, 0.29) is 13.0 Å². The number of carbonyl (C=O) groups is 1. The van der Waals surface area contributed by atoms with E-state index in [1.54, 1.807) is 24.8 Å². The highest BCUT2D eigenvalue weighted by molar-refractivity contribution is 5.78. The van der Waals surface area contributed by atoms with Crippen molar-refractivity contribution in [2.75, 3.05) is 11.4 Å². The fourth-order valence-electron chi connectivity index (χ4n) is 2.43. The molecule has 0 saturated carbocycles. The summed E-state index contributed by atoms with van der Waals surface area (Å²) >= 11 is 0. The van der Waals surface area contributed by atoms with Crippen LogP contribution in [0.5, 0.6) is 0 Å². The number of aliphatic hydroxyl groups excluding tert-OH is 1. The third-order valence-electron chi connectivity index (χ3n) is 3.35. The van der Waals surface area contributed by atoms with Crippen molar-refractivity contribution >= 4 is 11.8 Å². The molecule has 2 atom stereocenters. The molecule has 6 heteroatoms. The zero-order valence-corrected chi connectivity index (χ0v) is 10.8. The van der Waals surface area contributed by atoms with E-state index >= 15 is 0 Å². The number of nitriles is 1. The number of pyridine rings is 1. The number of aliphatic carboxylic acids is 1. The minimum Gasteiger partial charge on any atom is -0.480 e. The van der Waals surface area contributed by atoms with Gasteiger partial charge in [-0.05, 0) is 25.5 Å². The van der Waals surface area contributed by atoms with E-state index in [1.807, 2.05) is 0 Å². The average molecular weight is 261 g/mol. The van der Waals surface area contributed by atoms with Gasteiger partial charge >= 0.3 is 5.97 Å². The standard InChI is InChI=1S/C13H15N3O3/c1-7-3-12(15-8(2)10(7)5-14)16-6-9(17)4-11(16)13(18)19/h3,9,11,17H,4,6H2,1-2H3,(H,18,19)/t9-,11+/m1/s1. The largest absolute Gasteiger partial charge is 0.480 e. The third-order valence-corrected chi connectivity index (χ3v) is 3.35. The summed E-state index contributed by atoms with van der Waals surface area (Å²) in [6, 6.07) is 3.00. The molecule has 0 spiro atoms. The summed E-state index contributed by atoms with van der Waals surface area (Å²) in [5.74, 6) is -0.476. The van der Waals surface area contributed by atoms with E-state index in [0.29, 0.717) is 17.1 Å². The first-order valence-electron chi connectivity index (χ1n) is 6.00. The molecule has 0 bridgehead atoms. The summed E-state index contributed by atoms with van der Waals surface area (Å²) in [6.07, 6.45) is -0.478. The van der Waals surface area contributed by atoms with Gasteiger partial charge in [0.15, 0.2) is 0 Å². The van der Waals surface area contributed by atoms with Crippen LogP contribution in [0.15, 0.2) is 6.07 Å². The lowest BCUT2D eigenvalue weighted by molar-refractivity contribution is -0.138. The molecule has 1 saturated heterocycles. The Hall–Kier alpha value is -2.13. The number of anilines is 1. The summed E-state index contributed by atoms with van der Waals surface area (Å²) in [4.78, 5) is 17.1. The van der Waals surface area contributed by atoms with Crippen LogP contribution in [0.1, 0.15) is 23.2 Å². The van der Waals surface area contributed by atoms with E-state index < -0.39 is 18.1 Å². The Morgan fingerprint density at radius 3 is 2.79 bits per heavy atom. The van der Waals surface area contributed by atoms with Crippen LogP contribution in [0.25, 0.3) is 0 Å². The maximum atomic E-state index is 11.2. The first kappa shape index (κ1) is 13.3. The topological polar surface area (TPSA) is 97.4 Å². The molecule has 1 aliphatic heterocycles. The highest BCUT2D eigenvalue weighted by atomic mass is 16.4. The summed E-state index contributed by atoms with van der Waals surface area (Å²) in [6.45, 7) is 3.76. The fraction of sp³-hybridized carbons (Fsp3) is 0.462. The number of nitrogens with zero attached hydrogens (tertiary/aromatic N) is 3. The van der Waals surface area contributed by atoms with Gasteiger partial charge in [-0.25, -0.2) is 9.78 Å². The molecule has 0 aliphatic carbocycles. The molecule has 1 aromatic rings. The zero-order chi connectivity index (χ0) is 14.2. The Bertz CT molecular complexity index is 542. The van der Waals surface area contributed by atoms with Crippen LogP contribution in [0, 0.1) is 25.2 Å². The molecule has 0 aromatic carbocycles. The number of aromatic nitrogens is 1. The molecule has 2 N–H and O–H groups in total. The van der Waals surface area contributed by atoms with Gasteiger partial charge in [-0.1, -0.05) is 0 Å². The van der Waals surface area contributed by atoms with Crippen LogP contribution in [0.2, 0.25) is 0 Å². The second-order valence-electron chi connectivity index (χ2n) is 4.77. The molecule has 2 rings (SSSR count). The van der Waals surface area contributed by atoms with Crippen molar-refractivity contribution in [3.63, 3.8) is 0 Å². The lowest BCUT2D eigenvalue weighted by Gasteiger charge is -2.23. The van der Waals surface area contributed by atoms with E-state index in [1.165, 1.54) is 0 Å². The first-order chi connectivity index (χ1) is 8.93. The van der Waals surface area contributed by atoms with Crippen molar-refractivity contribution in [1.29, 1.82) is 5.26 Å². The van der Waals surface area contributed by atoms with Crippen molar-refractivity contribution in [2.45, 2.75) is 32.4 Å². The Morgan fingerprint density at radius 1 is 1.58 bits per heavy atom. The molecular formula is C13H15N3O3. The fourth-order valence-corrected chi connectivity index (χ4v) is 2.43. The molecule has 1 aliphatic rings. The minimum absolute atomic E-state index is 0.190. The van der Waals surface area contributed by atoms with Crippen LogP contribution in [0.3, 0.4) is 0 Å². The monoisotopic (exact) mass is 261 g/mol. The van der Waals surface area contributed by atoms with Gasteiger partial charge in [0.25, 0.3) is 0 Å². The van der Waals surface area contributed by atoms with Gasteiger partial charge in [0.05, 0.1) is 17.4 Å². The van der Waals surface area contributed by atoms with Gasteiger partial charge in [-0.2, -0.15) is 5.26 Å². The Kier molecular flexibility index (Phi) is 3.40. The highest BCUT2D eigenvalue weighted by Crippen LogP contribution is 2.27. The van der Waals surface area contributed by atoms with Crippen molar-refractivity contribution < 1.29 is 15.0 Å². The molecule has 100 valence electrons. The van der Waals surface area contributed by atoms with Crippen LogP contribution in [-0.2, 0) is 4.79 Å². The number of carboxylic acids is 1. The second-order valence-corrected chi connectivity index (χ2v) is 4.77. The van der Waals surface area contributed by atoms with Gasteiger partial charge in [0.2, 0.25) is 0 Å². The number of aryl methyl sites for hydroxylation is 2. The number of rotatable bonds is 2. The van der Waals surface area contributed by atoms with Gasteiger partial charge in [0, 0.05) is 13.0 Å². The number of aliphatic hydroxyl groups is 1. The molecule has 0 unspecified atom stereocenters. The Morgan fingerprint density at radius 2 is 2.26 bits per heavy atom. The number of hydrogen-bond donors (Lipinski definition) is 2. The molecule has 6 nitrogen and oxygen atoms in total. The number of hydrogen-bond acceptors (Lipinski definition) is 5. The van der Waals surface area contributed by atoms with E-state index in [9.17, 15) is 9.90 Å². The van der Waals surface area contributed by atoms with Gasteiger partial charge < -0.3 is 15.1 Å². The zero-order valence-electron chi connectivity index (χ0n) is 10.8. The molecule has 0 amide bonds.